The second kappa shape index (κ2) is 25.0. The molecule has 0 aromatic heterocycles. The minimum absolute atomic E-state index is 0.642. The van der Waals surface area contributed by atoms with Gasteiger partial charge in [0.15, 0.2) is 0 Å². The molecule has 0 spiro atoms. The number of rotatable bonds is 27. The highest BCUT2D eigenvalue weighted by molar-refractivity contribution is 4.97. The minimum Gasteiger partial charge on any atom is -0.356 e. The molecular formula is C33H66N2. The fourth-order valence-corrected chi connectivity index (χ4v) is 5.66. The first kappa shape index (κ1) is 32.4. The van der Waals surface area contributed by atoms with E-state index < -0.39 is 0 Å². The first-order valence-electron chi connectivity index (χ1n) is 16.5. The lowest BCUT2D eigenvalue weighted by atomic mass is 10.0. The maximum atomic E-state index is 2.68. The van der Waals surface area contributed by atoms with Crippen LogP contribution in [0.15, 0.2) is 12.4 Å². The summed E-state index contributed by atoms with van der Waals surface area (Å²) in [6.07, 6.45) is 41.0. The molecule has 0 aromatic carbocycles. The van der Waals surface area contributed by atoms with Crippen LogP contribution in [0.1, 0.15) is 181 Å². The van der Waals surface area contributed by atoms with E-state index >= 15 is 0 Å². The van der Waals surface area contributed by atoms with E-state index in [2.05, 4.69) is 43.0 Å². The lowest BCUT2D eigenvalue weighted by Crippen LogP contribution is -2.39. The molecule has 2 heteroatoms. The van der Waals surface area contributed by atoms with Crippen LogP contribution in [0.25, 0.3) is 0 Å². The van der Waals surface area contributed by atoms with Crippen LogP contribution in [-0.2, 0) is 0 Å². The molecule has 208 valence electrons. The van der Waals surface area contributed by atoms with Gasteiger partial charge in [-0.15, -0.1) is 0 Å². The zero-order valence-electron chi connectivity index (χ0n) is 24.7. The van der Waals surface area contributed by atoms with E-state index in [-0.39, 0.29) is 0 Å². The van der Waals surface area contributed by atoms with Crippen molar-refractivity contribution in [2.24, 2.45) is 0 Å². The molecule has 2 nitrogen and oxygen atoms in total. The Morgan fingerprint density at radius 3 is 1.00 bits per heavy atom. The monoisotopic (exact) mass is 491 g/mol. The Labute approximate surface area is 222 Å². The summed E-state index contributed by atoms with van der Waals surface area (Å²) >= 11 is 0. The lowest BCUT2D eigenvalue weighted by Gasteiger charge is -2.33. The van der Waals surface area contributed by atoms with E-state index in [1.165, 1.54) is 174 Å². The van der Waals surface area contributed by atoms with Crippen molar-refractivity contribution in [3.8, 4) is 0 Å². The van der Waals surface area contributed by atoms with Crippen LogP contribution < -0.4 is 0 Å². The molecule has 1 aliphatic heterocycles. The van der Waals surface area contributed by atoms with Gasteiger partial charge in [0.25, 0.3) is 0 Å². The average Bonchev–Trinajstić information content (AvgIpc) is 3.25. The lowest BCUT2D eigenvalue weighted by molar-refractivity contribution is 0.135. The topological polar surface area (TPSA) is 6.48 Å². The highest BCUT2D eigenvalue weighted by Crippen LogP contribution is 2.23. The van der Waals surface area contributed by atoms with Gasteiger partial charge < -0.3 is 9.80 Å². The van der Waals surface area contributed by atoms with Crippen molar-refractivity contribution < 1.29 is 0 Å². The predicted molar refractivity (Wildman–Crippen MR) is 159 cm³/mol. The molecule has 0 amide bonds. The molecule has 1 aliphatic rings. The SMILES string of the molecule is CCCCCCCCCCCCCCCCCN1C=CN(CCCCCCCC)C1CCCCC. The molecule has 0 saturated carbocycles. The Morgan fingerprint density at radius 1 is 0.371 bits per heavy atom. The molecule has 0 N–H and O–H groups in total. The quantitative estimate of drug-likeness (QED) is 0.106. The number of nitrogens with zero attached hydrogens (tertiary/aromatic N) is 2. The summed E-state index contributed by atoms with van der Waals surface area (Å²) in [5, 5.41) is 0. The van der Waals surface area contributed by atoms with Gasteiger partial charge in [-0.05, 0) is 25.7 Å². The van der Waals surface area contributed by atoms with E-state index in [9.17, 15) is 0 Å². The van der Waals surface area contributed by atoms with Crippen LogP contribution in [0, 0.1) is 0 Å². The van der Waals surface area contributed by atoms with E-state index in [1.54, 1.807) is 0 Å². The second-order valence-electron chi connectivity index (χ2n) is 11.5. The molecule has 0 fully saturated rings. The van der Waals surface area contributed by atoms with Crippen molar-refractivity contribution in [3.63, 3.8) is 0 Å². The van der Waals surface area contributed by atoms with Gasteiger partial charge in [-0.25, -0.2) is 0 Å². The van der Waals surface area contributed by atoms with Gasteiger partial charge in [-0.2, -0.15) is 0 Å². The highest BCUT2D eigenvalue weighted by atomic mass is 15.4. The van der Waals surface area contributed by atoms with Crippen molar-refractivity contribution in [1.82, 2.24) is 9.80 Å². The van der Waals surface area contributed by atoms with Crippen LogP contribution in [0.3, 0.4) is 0 Å². The molecular weight excluding hydrogens is 424 g/mol. The van der Waals surface area contributed by atoms with Crippen LogP contribution in [0.5, 0.6) is 0 Å². The Kier molecular flexibility index (Phi) is 23.1. The Balaban J connectivity index is 2.05. The largest absolute Gasteiger partial charge is 0.356 e. The standard InChI is InChI=1S/C33H66N2/c1-4-7-10-12-14-15-16-17-18-19-20-21-22-24-27-30-35-32-31-34(33(35)28-25-9-6-3)29-26-23-13-11-8-5-2/h31-33H,4-30H2,1-3H3. The molecule has 0 saturated heterocycles. The zero-order valence-corrected chi connectivity index (χ0v) is 24.7. The van der Waals surface area contributed by atoms with E-state index in [4.69, 9.17) is 0 Å². The molecule has 35 heavy (non-hydrogen) atoms. The number of unbranched alkanes of at least 4 members (excludes halogenated alkanes) is 21. The fourth-order valence-electron chi connectivity index (χ4n) is 5.66. The Hall–Kier alpha value is -0.660. The Morgan fingerprint density at radius 2 is 0.657 bits per heavy atom. The van der Waals surface area contributed by atoms with Crippen molar-refractivity contribution in [2.45, 2.75) is 187 Å². The van der Waals surface area contributed by atoms with Crippen molar-refractivity contribution in [3.05, 3.63) is 12.4 Å². The molecule has 0 aromatic rings. The maximum Gasteiger partial charge on any atom is 0.101 e. The van der Waals surface area contributed by atoms with E-state index in [0.717, 1.165) is 0 Å². The van der Waals surface area contributed by atoms with Crippen LogP contribution in [0.2, 0.25) is 0 Å². The summed E-state index contributed by atoms with van der Waals surface area (Å²) in [4.78, 5) is 5.34. The van der Waals surface area contributed by atoms with Crippen molar-refractivity contribution in [1.29, 1.82) is 0 Å². The van der Waals surface area contributed by atoms with Gasteiger partial charge in [0.2, 0.25) is 0 Å². The number of hydrogen-bond acceptors (Lipinski definition) is 2. The molecule has 1 heterocycles. The van der Waals surface area contributed by atoms with Gasteiger partial charge in [-0.1, -0.05) is 156 Å². The summed E-state index contributed by atoms with van der Waals surface area (Å²) < 4.78 is 0. The molecule has 0 bridgehead atoms. The first-order chi connectivity index (χ1) is 17.3. The van der Waals surface area contributed by atoms with Crippen LogP contribution in [0.4, 0.5) is 0 Å². The normalized spacial score (nSPS) is 15.6. The zero-order chi connectivity index (χ0) is 25.2. The van der Waals surface area contributed by atoms with Gasteiger partial charge in [0.05, 0.1) is 0 Å². The third-order valence-corrected chi connectivity index (χ3v) is 8.07. The van der Waals surface area contributed by atoms with Crippen LogP contribution >= 0.6 is 0 Å². The maximum absolute atomic E-state index is 2.68. The van der Waals surface area contributed by atoms with Gasteiger partial charge in [-0.3, -0.25) is 0 Å². The summed E-state index contributed by atoms with van der Waals surface area (Å²) in [5.74, 6) is 0. The molecule has 1 unspecified atom stereocenters. The fraction of sp³-hybridized carbons (Fsp3) is 0.939. The van der Waals surface area contributed by atoms with E-state index in [1.807, 2.05) is 0 Å². The summed E-state index contributed by atoms with van der Waals surface area (Å²) in [5.41, 5.74) is 0. The number of hydrogen-bond donors (Lipinski definition) is 0. The predicted octanol–water partition coefficient (Wildman–Crippen LogP) is 11.2. The van der Waals surface area contributed by atoms with Crippen molar-refractivity contribution >= 4 is 0 Å². The Bertz CT molecular complexity index is 446. The average molecular weight is 491 g/mol. The molecule has 1 atom stereocenters. The third-order valence-electron chi connectivity index (χ3n) is 8.07. The first-order valence-corrected chi connectivity index (χ1v) is 16.5. The smallest absolute Gasteiger partial charge is 0.101 e. The molecule has 1 rings (SSSR count). The molecule has 0 aliphatic carbocycles. The van der Waals surface area contributed by atoms with Gasteiger partial charge in [0.1, 0.15) is 6.17 Å². The highest BCUT2D eigenvalue weighted by Gasteiger charge is 2.24. The minimum atomic E-state index is 0.642. The molecule has 0 radical (unpaired) electrons. The van der Waals surface area contributed by atoms with Gasteiger partial charge in [0, 0.05) is 25.5 Å². The second-order valence-corrected chi connectivity index (χ2v) is 11.5. The summed E-state index contributed by atoms with van der Waals surface area (Å²) in [6, 6.07) is 0. The van der Waals surface area contributed by atoms with Crippen molar-refractivity contribution in [2.75, 3.05) is 13.1 Å². The third kappa shape index (κ3) is 18.3. The van der Waals surface area contributed by atoms with E-state index in [0.29, 0.717) is 6.17 Å². The summed E-state index contributed by atoms with van der Waals surface area (Å²) in [6.45, 7) is 9.46. The van der Waals surface area contributed by atoms with Crippen LogP contribution in [-0.4, -0.2) is 29.1 Å². The van der Waals surface area contributed by atoms with Gasteiger partial charge >= 0.3 is 0 Å². The summed E-state index contributed by atoms with van der Waals surface area (Å²) in [7, 11) is 0.